The van der Waals surface area contributed by atoms with Gasteiger partial charge < -0.3 is 9.63 Å². The molecule has 1 aliphatic heterocycles. The maximum absolute atomic E-state index is 10.4. The Morgan fingerprint density at radius 1 is 1.55 bits per heavy atom. The van der Waals surface area contributed by atoms with Gasteiger partial charge in [0.15, 0.2) is 0 Å². The molecule has 1 heterocycles. The van der Waals surface area contributed by atoms with Crippen LogP contribution in [0.1, 0.15) is 10.4 Å². The Labute approximate surface area is 61.7 Å². The minimum absolute atomic E-state index is 0.280. The average molecular weight is 151 g/mol. The quantitative estimate of drug-likeness (QED) is 0.647. The van der Waals surface area contributed by atoms with Crippen LogP contribution in [0.25, 0.3) is 11.3 Å². The monoisotopic (exact) mass is 151 g/mol. The summed E-state index contributed by atoms with van der Waals surface area (Å²) in [5.74, 6) is -0.922. The molecule has 0 bridgehead atoms. The summed E-state index contributed by atoms with van der Waals surface area (Å²) in [6.07, 6.45) is 1.47. The summed E-state index contributed by atoms with van der Waals surface area (Å²) in [6, 6.07) is 3.08. The second-order valence-electron chi connectivity index (χ2n) is 2.26. The molecule has 2 rings (SSSR count). The Morgan fingerprint density at radius 2 is 2.36 bits per heavy atom. The minimum Gasteiger partial charge on any atom is -0.478 e. The minimum atomic E-state index is -0.922. The molecule has 0 unspecified atom stereocenters. The van der Waals surface area contributed by atoms with Gasteiger partial charge in [-0.1, -0.05) is 0 Å². The van der Waals surface area contributed by atoms with Crippen molar-refractivity contribution in [1.82, 2.24) is 5.16 Å². The summed E-state index contributed by atoms with van der Waals surface area (Å²) in [4.78, 5) is 10.4. The predicted molar refractivity (Wildman–Crippen MR) is 36.6 cm³/mol. The van der Waals surface area contributed by atoms with Crippen LogP contribution in [0, 0.1) is 0 Å². The van der Waals surface area contributed by atoms with Gasteiger partial charge in [-0.2, -0.15) is 0 Å². The van der Waals surface area contributed by atoms with E-state index in [1.807, 2.05) is 0 Å². The summed E-state index contributed by atoms with van der Waals surface area (Å²) in [5.41, 5.74) is 1.77. The topological polar surface area (TPSA) is 66.2 Å². The van der Waals surface area contributed by atoms with Crippen LogP contribution in [0.5, 0.6) is 0 Å². The summed E-state index contributed by atoms with van der Waals surface area (Å²) < 4.78 is 4.72. The molecule has 2 aliphatic rings. The molecule has 56 valence electrons. The van der Waals surface area contributed by atoms with Crippen molar-refractivity contribution in [3.8, 4) is 11.3 Å². The third kappa shape index (κ3) is 0.797. The second kappa shape index (κ2) is 1.88. The molecule has 0 radical (unpaired) electrons. The molecule has 11 heavy (non-hydrogen) atoms. The SMILES string of the molecule is O=C(O)c1cc2co[nH]c-2c1. The molecule has 4 heteroatoms. The van der Waals surface area contributed by atoms with Crippen LogP contribution in [0.2, 0.25) is 0 Å². The lowest BCUT2D eigenvalue weighted by Gasteiger charge is -1.80. The van der Waals surface area contributed by atoms with Crippen molar-refractivity contribution in [2.45, 2.75) is 0 Å². The van der Waals surface area contributed by atoms with E-state index in [1.165, 1.54) is 12.3 Å². The Kier molecular flexibility index (Phi) is 1.03. The van der Waals surface area contributed by atoms with E-state index >= 15 is 0 Å². The Balaban J connectivity index is 2.59. The van der Waals surface area contributed by atoms with Crippen LogP contribution in [-0.2, 0) is 0 Å². The van der Waals surface area contributed by atoms with Crippen molar-refractivity contribution >= 4 is 5.97 Å². The zero-order chi connectivity index (χ0) is 7.84. The maximum atomic E-state index is 10.4. The van der Waals surface area contributed by atoms with Crippen LogP contribution in [0.15, 0.2) is 22.9 Å². The van der Waals surface area contributed by atoms with Crippen molar-refractivity contribution < 1.29 is 14.4 Å². The van der Waals surface area contributed by atoms with Crippen LogP contribution >= 0.6 is 0 Å². The number of hydrogen-bond donors (Lipinski definition) is 2. The average Bonchev–Trinajstić information content (AvgIpc) is 2.40. The lowest BCUT2D eigenvalue weighted by Crippen LogP contribution is -1.91. The number of carboxylic acid groups (broad SMARTS) is 1. The second-order valence-corrected chi connectivity index (χ2v) is 2.26. The number of carboxylic acids is 1. The van der Waals surface area contributed by atoms with Crippen molar-refractivity contribution in [3.05, 3.63) is 24.0 Å². The largest absolute Gasteiger partial charge is 0.478 e. The van der Waals surface area contributed by atoms with E-state index in [9.17, 15) is 4.79 Å². The fourth-order valence-electron chi connectivity index (χ4n) is 0.992. The standard InChI is InChI=1S/C7H5NO3/c9-7(10)4-1-5-3-11-8-6(5)2-4/h1-3,8H,(H,9,10). The van der Waals surface area contributed by atoms with Crippen LogP contribution in [0.4, 0.5) is 0 Å². The van der Waals surface area contributed by atoms with Crippen LogP contribution < -0.4 is 0 Å². The molecular formula is C7H5NO3. The first-order chi connectivity index (χ1) is 5.27. The van der Waals surface area contributed by atoms with Gasteiger partial charge in [0.2, 0.25) is 0 Å². The van der Waals surface area contributed by atoms with E-state index in [0.717, 1.165) is 5.56 Å². The number of aromatic amines is 1. The highest BCUT2D eigenvalue weighted by molar-refractivity contribution is 5.91. The van der Waals surface area contributed by atoms with E-state index in [1.54, 1.807) is 6.07 Å². The highest BCUT2D eigenvalue weighted by atomic mass is 16.5. The molecule has 1 aliphatic carbocycles. The number of H-pyrrole nitrogens is 1. The number of hydrogen-bond acceptors (Lipinski definition) is 2. The first-order valence-electron chi connectivity index (χ1n) is 3.06. The maximum Gasteiger partial charge on any atom is 0.335 e. The zero-order valence-electron chi connectivity index (χ0n) is 5.50. The van der Waals surface area contributed by atoms with E-state index in [2.05, 4.69) is 5.16 Å². The molecule has 0 saturated carbocycles. The predicted octanol–water partition coefficient (Wildman–Crippen LogP) is 1.41. The molecule has 0 aromatic rings. The number of rotatable bonds is 1. The lowest BCUT2D eigenvalue weighted by molar-refractivity contribution is 0.0697. The highest BCUT2D eigenvalue weighted by Crippen LogP contribution is 2.23. The first-order valence-corrected chi connectivity index (χ1v) is 3.06. The number of fused-ring (bicyclic) bond motifs is 1. The van der Waals surface area contributed by atoms with E-state index in [0.29, 0.717) is 5.69 Å². The number of nitrogens with one attached hydrogen (secondary N) is 1. The Hall–Kier alpha value is -1.71. The van der Waals surface area contributed by atoms with Crippen molar-refractivity contribution in [1.29, 1.82) is 0 Å². The highest BCUT2D eigenvalue weighted by Gasteiger charge is 2.12. The van der Waals surface area contributed by atoms with Crippen LogP contribution in [-0.4, -0.2) is 16.2 Å². The molecular weight excluding hydrogens is 146 g/mol. The van der Waals surface area contributed by atoms with Gasteiger partial charge in [-0.25, -0.2) is 9.95 Å². The van der Waals surface area contributed by atoms with E-state index < -0.39 is 5.97 Å². The Bertz CT molecular complexity index is 334. The third-order valence-corrected chi connectivity index (χ3v) is 1.52. The third-order valence-electron chi connectivity index (χ3n) is 1.52. The van der Waals surface area contributed by atoms with Crippen molar-refractivity contribution in [3.63, 3.8) is 0 Å². The fraction of sp³-hybridized carbons (Fsp3) is 0. The fourth-order valence-corrected chi connectivity index (χ4v) is 0.992. The van der Waals surface area contributed by atoms with Gasteiger partial charge in [-0.05, 0) is 12.1 Å². The molecule has 0 atom stereocenters. The summed E-state index contributed by atoms with van der Waals surface area (Å²) in [6.45, 7) is 0. The van der Waals surface area contributed by atoms with Crippen molar-refractivity contribution in [2.75, 3.05) is 0 Å². The number of aromatic nitrogens is 1. The normalized spacial score (nSPS) is 10.5. The molecule has 0 saturated heterocycles. The van der Waals surface area contributed by atoms with Gasteiger partial charge in [-0.3, -0.25) is 0 Å². The van der Waals surface area contributed by atoms with Gasteiger partial charge in [-0.15, -0.1) is 0 Å². The van der Waals surface area contributed by atoms with E-state index in [-0.39, 0.29) is 5.56 Å². The summed E-state index contributed by atoms with van der Waals surface area (Å²) in [7, 11) is 0. The molecule has 0 spiro atoms. The number of carbonyl (C=O) groups is 1. The smallest absolute Gasteiger partial charge is 0.335 e. The van der Waals surface area contributed by atoms with Crippen LogP contribution in [0.3, 0.4) is 0 Å². The van der Waals surface area contributed by atoms with Gasteiger partial charge in [0.25, 0.3) is 0 Å². The molecule has 0 aromatic heterocycles. The number of aromatic carboxylic acids is 1. The molecule has 4 nitrogen and oxygen atoms in total. The van der Waals surface area contributed by atoms with Gasteiger partial charge in [0.1, 0.15) is 6.26 Å². The molecule has 0 fully saturated rings. The first kappa shape index (κ1) is 6.03. The lowest BCUT2D eigenvalue weighted by atomic mass is 10.3. The van der Waals surface area contributed by atoms with Gasteiger partial charge in [0, 0.05) is 5.56 Å². The van der Waals surface area contributed by atoms with Gasteiger partial charge >= 0.3 is 5.97 Å². The van der Waals surface area contributed by atoms with E-state index in [4.69, 9.17) is 9.63 Å². The molecule has 0 amide bonds. The zero-order valence-corrected chi connectivity index (χ0v) is 5.50. The summed E-state index contributed by atoms with van der Waals surface area (Å²) >= 11 is 0. The summed E-state index contributed by atoms with van der Waals surface area (Å²) in [5, 5.41) is 11.1. The molecule has 0 aromatic carbocycles. The molecule has 2 N–H and O–H groups in total. The Morgan fingerprint density at radius 3 is 3.00 bits per heavy atom. The van der Waals surface area contributed by atoms with Crippen molar-refractivity contribution in [2.24, 2.45) is 0 Å². The van der Waals surface area contributed by atoms with Gasteiger partial charge in [0.05, 0.1) is 11.3 Å².